The zero-order valence-corrected chi connectivity index (χ0v) is 36.6. The molecule has 0 aliphatic heterocycles. The fraction of sp³-hybridized carbons (Fsp3) is 0.0500. The Balaban J connectivity index is 1.20. The van der Waals surface area contributed by atoms with E-state index in [1.807, 2.05) is 6.07 Å². The highest BCUT2D eigenvalue weighted by Crippen LogP contribution is 2.76. The molecule has 10 aromatic carbocycles. The molecule has 0 spiro atoms. The van der Waals surface area contributed by atoms with Gasteiger partial charge in [0, 0.05) is 31.0 Å². The molecule has 0 heterocycles. The van der Waals surface area contributed by atoms with Gasteiger partial charge in [-0.25, -0.2) is 0 Å². The lowest BCUT2D eigenvalue weighted by atomic mass is 9.90. The minimum atomic E-state index is -2.03. The second-order valence-electron chi connectivity index (χ2n) is 16.2. The minimum Gasteiger partial charge on any atom is -0.354 e. The first-order chi connectivity index (χ1) is 31.0. The average Bonchev–Trinajstić information content (AvgIpc) is 3.34. The smallest absolute Gasteiger partial charge is 0.0874 e. The van der Waals surface area contributed by atoms with Gasteiger partial charge in [-0.05, 0) is 131 Å². The first-order valence-corrected chi connectivity index (χ1v) is 23.2. The molecule has 2 nitrogen and oxygen atoms in total. The predicted molar refractivity (Wildman–Crippen MR) is 270 cm³/mol. The van der Waals surface area contributed by atoms with Crippen molar-refractivity contribution in [1.29, 1.82) is 0 Å². The molecule has 10 aromatic rings. The topological polar surface area (TPSA) is 24.4 Å². The van der Waals surface area contributed by atoms with Crippen LogP contribution in [-0.4, -0.2) is 5.71 Å². The number of aliphatic imine (C=N–C) groups is 1. The van der Waals surface area contributed by atoms with Crippen molar-refractivity contribution >= 4 is 54.3 Å². The van der Waals surface area contributed by atoms with Gasteiger partial charge in [-0.1, -0.05) is 181 Å². The van der Waals surface area contributed by atoms with Crippen LogP contribution in [0.25, 0.3) is 43.8 Å². The zero-order valence-electron chi connectivity index (χ0n) is 35.8. The molecule has 1 N–H and O–H groups in total. The number of benzene rings is 10. The SMILES string of the molecule is C/C(=N\c1cc(-c2ccccc2)ccc1Nc1cccc(-c2c3cc(C)ccc3c(S(c3ccccc3)(c3ccccc3)c3ccccc3)c3cc(C)ccc23)c1)c1ccccc1. The Labute approximate surface area is 372 Å². The highest BCUT2D eigenvalue weighted by Gasteiger charge is 2.37. The molecular weight excluding hydrogens is 781 g/mol. The summed E-state index contributed by atoms with van der Waals surface area (Å²) in [6.45, 7) is 6.52. The fourth-order valence-corrected chi connectivity index (χ4v) is 13.3. The van der Waals surface area contributed by atoms with E-state index >= 15 is 0 Å². The Kier molecular flexibility index (Phi) is 10.8. The maximum Gasteiger partial charge on any atom is 0.0874 e. The molecule has 0 unspecified atom stereocenters. The third kappa shape index (κ3) is 7.52. The van der Waals surface area contributed by atoms with Gasteiger partial charge >= 0.3 is 0 Å². The summed E-state index contributed by atoms with van der Waals surface area (Å²) in [5.41, 5.74) is 12.0. The Morgan fingerprint density at radius 1 is 0.413 bits per heavy atom. The Hall–Kier alpha value is -7.46. The second kappa shape index (κ2) is 17.1. The van der Waals surface area contributed by atoms with Gasteiger partial charge in [0.15, 0.2) is 0 Å². The first kappa shape index (κ1) is 39.7. The third-order valence-corrected chi connectivity index (χ3v) is 16.0. The van der Waals surface area contributed by atoms with Crippen LogP contribution in [0.5, 0.6) is 0 Å². The van der Waals surface area contributed by atoms with Crippen LogP contribution in [0.3, 0.4) is 0 Å². The summed E-state index contributed by atoms with van der Waals surface area (Å²) in [5, 5.41) is 8.85. The maximum absolute atomic E-state index is 5.26. The molecule has 0 amide bonds. The van der Waals surface area contributed by atoms with Crippen molar-refractivity contribution in [3.63, 3.8) is 0 Å². The van der Waals surface area contributed by atoms with Crippen LogP contribution >= 0.6 is 10.0 Å². The van der Waals surface area contributed by atoms with Crippen molar-refractivity contribution in [1.82, 2.24) is 0 Å². The molecule has 0 bridgehead atoms. The summed E-state index contributed by atoms with van der Waals surface area (Å²) in [5.74, 6) is 0. The van der Waals surface area contributed by atoms with Gasteiger partial charge in [-0.3, -0.25) is 4.99 Å². The molecule has 304 valence electrons. The first-order valence-electron chi connectivity index (χ1n) is 21.6. The number of aryl methyl sites for hydroxylation is 2. The summed E-state index contributed by atoms with van der Waals surface area (Å²) < 4.78 is 0. The summed E-state index contributed by atoms with van der Waals surface area (Å²) in [4.78, 5) is 10.6. The summed E-state index contributed by atoms with van der Waals surface area (Å²) in [7, 11) is -2.03. The molecule has 0 atom stereocenters. The largest absolute Gasteiger partial charge is 0.354 e. The number of nitrogens with zero attached hydrogens (tertiary/aromatic N) is 1. The minimum absolute atomic E-state index is 0.886. The van der Waals surface area contributed by atoms with Crippen LogP contribution in [0.1, 0.15) is 23.6 Å². The highest BCUT2D eigenvalue weighted by atomic mass is 32.3. The van der Waals surface area contributed by atoms with E-state index in [1.54, 1.807) is 0 Å². The lowest BCUT2D eigenvalue weighted by molar-refractivity contribution is 1.27. The van der Waals surface area contributed by atoms with E-state index in [0.29, 0.717) is 0 Å². The van der Waals surface area contributed by atoms with Crippen LogP contribution in [-0.2, 0) is 0 Å². The normalized spacial score (nSPS) is 12.1. The molecule has 0 radical (unpaired) electrons. The van der Waals surface area contributed by atoms with Crippen LogP contribution in [0.15, 0.2) is 255 Å². The fourth-order valence-electron chi connectivity index (χ4n) is 9.07. The molecule has 10 rings (SSSR count). The molecule has 0 fully saturated rings. The monoisotopic (exact) mass is 828 g/mol. The van der Waals surface area contributed by atoms with Gasteiger partial charge in [0.25, 0.3) is 0 Å². The number of fused-ring (bicyclic) bond motifs is 2. The molecule has 0 aromatic heterocycles. The van der Waals surface area contributed by atoms with Crippen molar-refractivity contribution in [3.05, 3.63) is 247 Å². The Morgan fingerprint density at radius 3 is 1.54 bits per heavy atom. The van der Waals surface area contributed by atoms with Crippen LogP contribution in [0, 0.1) is 13.8 Å². The lowest BCUT2D eigenvalue weighted by Gasteiger charge is -2.43. The molecule has 0 saturated carbocycles. The van der Waals surface area contributed by atoms with Crippen molar-refractivity contribution < 1.29 is 0 Å². The number of rotatable bonds is 10. The molecule has 0 aliphatic rings. The van der Waals surface area contributed by atoms with Crippen LogP contribution < -0.4 is 5.32 Å². The Morgan fingerprint density at radius 2 is 0.937 bits per heavy atom. The number of anilines is 2. The number of nitrogens with one attached hydrogen (secondary N) is 1. The maximum atomic E-state index is 5.26. The van der Waals surface area contributed by atoms with Gasteiger partial charge in [0.2, 0.25) is 0 Å². The van der Waals surface area contributed by atoms with E-state index in [4.69, 9.17) is 4.99 Å². The quantitative estimate of drug-likeness (QED) is 0.108. The van der Waals surface area contributed by atoms with Crippen molar-refractivity contribution in [3.8, 4) is 22.3 Å². The third-order valence-electron chi connectivity index (χ3n) is 12.0. The van der Waals surface area contributed by atoms with Gasteiger partial charge in [0.05, 0.1) is 11.4 Å². The van der Waals surface area contributed by atoms with E-state index in [9.17, 15) is 0 Å². The van der Waals surface area contributed by atoms with Crippen molar-refractivity contribution in [2.24, 2.45) is 4.99 Å². The van der Waals surface area contributed by atoms with Crippen LogP contribution in [0.2, 0.25) is 0 Å². The molecule has 0 saturated heterocycles. The molecule has 3 heteroatoms. The van der Waals surface area contributed by atoms with Gasteiger partial charge in [-0.2, -0.15) is 0 Å². The predicted octanol–water partition coefficient (Wildman–Crippen LogP) is 17.2. The van der Waals surface area contributed by atoms with Gasteiger partial charge in [-0.15, -0.1) is 10.0 Å². The van der Waals surface area contributed by atoms with E-state index < -0.39 is 10.0 Å². The average molecular weight is 829 g/mol. The van der Waals surface area contributed by atoms with Gasteiger partial charge < -0.3 is 5.32 Å². The van der Waals surface area contributed by atoms with Crippen molar-refractivity contribution in [2.45, 2.75) is 40.4 Å². The van der Waals surface area contributed by atoms with E-state index in [2.05, 4.69) is 251 Å². The zero-order chi connectivity index (χ0) is 42.8. The molecular formula is C60H48N2S. The number of hydrogen-bond acceptors (Lipinski definition) is 2. The standard InChI is InChI=1S/C60H48N2S/c1-42-33-36-54-55(38-42)59(48-24-19-25-49(40-48)62-57-37-34-47(46-22-11-5-12-23-46)41-58(57)61-44(3)45-20-9-4-10-21-45)53-35-32-43(2)39-56(53)60(54)63(50-26-13-6-14-27-50,51-28-15-7-16-29-51)52-30-17-8-18-31-52/h4-41,62H,1-3H3/b61-44+. The number of hydrogen-bond donors (Lipinski definition) is 1. The summed E-state index contributed by atoms with van der Waals surface area (Å²) in [6, 6.07) is 84.2. The van der Waals surface area contributed by atoms with Gasteiger partial charge in [0.1, 0.15) is 0 Å². The molecule has 0 aliphatic carbocycles. The summed E-state index contributed by atoms with van der Waals surface area (Å²) in [6.07, 6.45) is 0. The second-order valence-corrected chi connectivity index (χ2v) is 19.3. The van der Waals surface area contributed by atoms with Crippen molar-refractivity contribution in [2.75, 3.05) is 5.32 Å². The van der Waals surface area contributed by atoms with E-state index in [0.717, 1.165) is 45.0 Å². The van der Waals surface area contributed by atoms with Crippen LogP contribution in [0.4, 0.5) is 17.1 Å². The van der Waals surface area contributed by atoms with E-state index in [-0.39, 0.29) is 0 Å². The van der Waals surface area contributed by atoms with E-state index in [1.165, 1.54) is 57.8 Å². The lowest BCUT2D eigenvalue weighted by Crippen LogP contribution is -2.07. The highest BCUT2D eigenvalue weighted by molar-refractivity contribution is 8.34. The Bertz CT molecular complexity index is 3160. The summed E-state index contributed by atoms with van der Waals surface area (Å²) >= 11 is 0. The molecule has 63 heavy (non-hydrogen) atoms.